The molecule has 2 aromatic heterocycles. The molecule has 1 aromatic carbocycles. The second-order valence-electron chi connectivity index (χ2n) is 8.22. The Bertz CT molecular complexity index is 1240. The van der Waals surface area contributed by atoms with Crippen LogP contribution in [0.5, 0.6) is 5.75 Å². The van der Waals surface area contributed by atoms with Crippen LogP contribution in [0.1, 0.15) is 39.4 Å². The maximum absolute atomic E-state index is 14.2. The van der Waals surface area contributed by atoms with Gasteiger partial charge in [-0.1, -0.05) is 11.6 Å². The number of amides is 1. The first-order valence-corrected chi connectivity index (χ1v) is 10.8. The molecule has 0 bridgehead atoms. The van der Waals surface area contributed by atoms with Crippen LogP contribution in [0.25, 0.3) is 5.65 Å². The highest BCUT2D eigenvalue weighted by Crippen LogP contribution is 2.32. The fourth-order valence-electron chi connectivity index (χ4n) is 4.29. The molecule has 3 aromatic rings. The quantitative estimate of drug-likeness (QED) is 0.595. The minimum absolute atomic E-state index is 0. The highest BCUT2D eigenvalue weighted by Gasteiger charge is 2.33. The SMILES string of the molecule is Cc1nc2c3c(nn2c(C)c1Cl)CN(C(=O)c1ccc(F)cc1O[C@@H]1CCNC[C@H]1F)C3.Cl. The van der Waals surface area contributed by atoms with Crippen molar-refractivity contribution in [2.45, 2.75) is 45.6 Å². The first-order valence-electron chi connectivity index (χ1n) is 10.5. The maximum atomic E-state index is 14.2. The molecule has 11 heteroatoms. The van der Waals surface area contributed by atoms with Crippen molar-refractivity contribution < 1.29 is 18.3 Å². The van der Waals surface area contributed by atoms with Crippen LogP contribution in [-0.2, 0) is 13.1 Å². The van der Waals surface area contributed by atoms with E-state index in [0.717, 1.165) is 23.0 Å². The van der Waals surface area contributed by atoms with Crippen LogP contribution in [0, 0.1) is 19.7 Å². The van der Waals surface area contributed by atoms with Crippen LogP contribution in [0.15, 0.2) is 18.2 Å². The number of aryl methyl sites for hydroxylation is 2. The Labute approximate surface area is 200 Å². The van der Waals surface area contributed by atoms with Crippen molar-refractivity contribution in [3.63, 3.8) is 0 Å². The average molecular weight is 498 g/mol. The summed E-state index contributed by atoms with van der Waals surface area (Å²) in [5.41, 5.74) is 3.94. The van der Waals surface area contributed by atoms with Gasteiger partial charge in [0.05, 0.1) is 40.8 Å². The number of hydrogen-bond donors (Lipinski definition) is 1. The lowest BCUT2D eigenvalue weighted by Crippen LogP contribution is -2.44. The zero-order valence-electron chi connectivity index (χ0n) is 18.1. The Morgan fingerprint density at radius 1 is 1.30 bits per heavy atom. The van der Waals surface area contributed by atoms with Gasteiger partial charge in [-0.25, -0.2) is 18.3 Å². The van der Waals surface area contributed by atoms with Crippen LogP contribution in [0.2, 0.25) is 5.02 Å². The van der Waals surface area contributed by atoms with Gasteiger partial charge in [0.25, 0.3) is 5.91 Å². The van der Waals surface area contributed by atoms with Gasteiger partial charge in [-0.15, -0.1) is 12.4 Å². The summed E-state index contributed by atoms with van der Waals surface area (Å²) in [4.78, 5) is 19.5. The van der Waals surface area contributed by atoms with Crippen molar-refractivity contribution in [1.29, 1.82) is 0 Å². The van der Waals surface area contributed by atoms with Gasteiger partial charge in [-0.05, 0) is 38.9 Å². The molecule has 7 nitrogen and oxygen atoms in total. The van der Waals surface area contributed by atoms with Gasteiger partial charge >= 0.3 is 0 Å². The second kappa shape index (κ2) is 9.04. The van der Waals surface area contributed by atoms with Gasteiger partial charge in [0, 0.05) is 18.2 Å². The van der Waals surface area contributed by atoms with Crippen molar-refractivity contribution in [3.8, 4) is 5.75 Å². The summed E-state index contributed by atoms with van der Waals surface area (Å²) in [6, 6.07) is 3.74. The first kappa shape index (κ1) is 23.7. The van der Waals surface area contributed by atoms with E-state index < -0.39 is 18.1 Å². The number of hydrogen-bond acceptors (Lipinski definition) is 5. The van der Waals surface area contributed by atoms with Gasteiger partial charge < -0.3 is 15.0 Å². The third-order valence-corrected chi connectivity index (χ3v) is 6.59. The maximum Gasteiger partial charge on any atom is 0.258 e. The molecule has 1 amide bonds. The van der Waals surface area contributed by atoms with Crippen molar-refractivity contribution in [2.75, 3.05) is 13.1 Å². The monoisotopic (exact) mass is 497 g/mol. The number of nitrogens with one attached hydrogen (secondary N) is 1. The molecule has 0 aliphatic carbocycles. The van der Waals surface area contributed by atoms with E-state index in [9.17, 15) is 13.6 Å². The Morgan fingerprint density at radius 3 is 2.85 bits per heavy atom. The summed E-state index contributed by atoms with van der Waals surface area (Å²) in [7, 11) is 0. The molecule has 2 aliphatic rings. The van der Waals surface area contributed by atoms with E-state index in [1.807, 2.05) is 13.8 Å². The average Bonchev–Trinajstić information content (AvgIpc) is 3.33. The third kappa shape index (κ3) is 4.13. The lowest BCUT2D eigenvalue weighted by atomic mass is 10.1. The van der Waals surface area contributed by atoms with Crippen LogP contribution >= 0.6 is 24.0 Å². The van der Waals surface area contributed by atoms with Crippen molar-refractivity contribution in [1.82, 2.24) is 24.8 Å². The van der Waals surface area contributed by atoms with Crippen LogP contribution < -0.4 is 10.1 Å². The fourth-order valence-corrected chi connectivity index (χ4v) is 4.41. The molecule has 2 aliphatic heterocycles. The number of carbonyl (C=O) groups excluding carboxylic acids is 1. The highest BCUT2D eigenvalue weighted by atomic mass is 35.5. The van der Waals surface area contributed by atoms with E-state index in [2.05, 4.69) is 15.4 Å². The van der Waals surface area contributed by atoms with E-state index in [1.54, 1.807) is 9.42 Å². The number of benzene rings is 1. The van der Waals surface area contributed by atoms with Crippen LogP contribution in [-0.4, -0.2) is 50.8 Å². The normalized spacial score (nSPS) is 20.0. The van der Waals surface area contributed by atoms with Gasteiger partial charge in [0.1, 0.15) is 23.8 Å². The Morgan fingerprint density at radius 2 is 2.09 bits per heavy atom. The van der Waals surface area contributed by atoms with E-state index in [-0.39, 0.29) is 42.7 Å². The molecular formula is C22H23Cl2F2N5O2. The number of aromatic nitrogens is 3. The lowest BCUT2D eigenvalue weighted by molar-refractivity contribution is 0.0657. The number of halogens is 4. The molecule has 1 saturated heterocycles. The molecule has 0 saturated carbocycles. The number of alkyl halides is 1. The number of fused-ring (bicyclic) bond motifs is 3. The number of carbonyl (C=O) groups is 1. The number of ether oxygens (including phenoxy) is 1. The van der Waals surface area contributed by atoms with E-state index >= 15 is 0 Å². The zero-order valence-corrected chi connectivity index (χ0v) is 19.6. The predicted molar refractivity (Wildman–Crippen MR) is 121 cm³/mol. The number of nitrogens with zero attached hydrogens (tertiary/aromatic N) is 4. The lowest BCUT2D eigenvalue weighted by Gasteiger charge is -2.28. The molecule has 1 fully saturated rings. The van der Waals surface area contributed by atoms with Gasteiger partial charge in [0.2, 0.25) is 0 Å². The van der Waals surface area contributed by atoms with Crippen molar-refractivity contribution in [3.05, 3.63) is 57.2 Å². The van der Waals surface area contributed by atoms with Crippen molar-refractivity contribution in [2.24, 2.45) is 0 Å². The molecule has 2 atom stereocenters. The topological polar surface area (TPSA) is 71.8 Å². The summed E-state index contributed by atoms with van der Waals surface area (Å²) < 4.78 is 35.7. The largest absolute Gasteiger partial charge is 0.486 e. The molecular weight excluding hydrogens is 475 g/mol. The predicted octanol–water partition coefficient (Wildman–Crippen LogP) is 3.80. The molecule has 0 spiro atoms. The number of rotatable bonds is 3. The summed E-state index contributed by atoms with van der Waals surface area (Å²) >= 11 is 6.30. The number of piperidine rings is 1. The van der Waals surface area contributed by atoms with Gasteiger partial charge in [0.15, 0.2) is 5.65 Å². The Kier molecular flexibility index (Phi) is 6.48. The summed E-state index contributed by atoms with van der Waals surface area (Å²) in [5.74, 6) is -0.821. The van der Waals surface area contributed by atoms with E-state index in [4.69, 9.17) is 16.3 Å². The fraction of sp³-hybridized carbons (Fsp3) is 0.409. The Hall–Kier alpha value is -2.49. The molecule has 176 valence electrons. The Balaban J connectivity index is 0.00000259. The molecule has 5 rings (SSSR count). The molecule has 33 heavy (non-hydrogen) atoms. The smallest absolute Gasteiger partial charge is 0.258 e. The molecule has 1 N–H and O–H groups in total. The van der Waals surface area contributed by atoms with Crippen molar-refractivity contribution >= 4 is 35.6 Å². The van der Waals surface area contributed by atoms with E-state index in [0.29, 0.717) is 35.9 Å². The molecule has 0 radical (unpaired) electrons. The minimum atomic E-state index is -1.23. The molecule has 4 heterocycles. The summed E-state index contributed by atoms with van der Waals surface area (Å²) in [6.45, 7) is 5.05. The summed E-state index contributed by atoms with van der Waals surface area (Å²) in [6.07, 6.45) is -1.53. The first-order chi connectivity index (χ1) is 15.3. The molecule has 0 unspecified atom stereocenters. The minimum Gasteiger partial charge on any atom is -0.486 e. The van der Waals surface area contributed by atoms with Crippen LogP contribution in [0.3, 0.4) is 0 Å². The highest BCUT2D eigenvalue weighted by molar-refractivity contribution is 6.31. The second-order valence-corrected chi connectivity index (χ2v) is 8.60. The van der Waals surface area contributed by atoms with Gasteiger partial charge in [-0.2, -0.15) is 5.10 Å². The summed E-state index contributed by atoms with van der Waals surface area (Å²) in [5, 5.41) is 8.10. The van der Waals surface area contributed by atoms with E-state index in [1.165, 1.54) is 12.1 Å². The zero-order chi connectivity index (χ0) is 22.6. The standard InChI is InChI=1S/C22H22ClF2N5O2.ClH/c1-11-20(23)12(2)30-21(27-11)15-9-29(10-17(15)28-30)22(31)14-4-3-13(24)7-19(14)32-18-5-6-26-8-16(18)25;/h3-4,7,16,18,26H,5-6,8-10H2,1-2H3;1H/t16-,18-;/m1./s1. The van der Waals surface area contributed by atoms with Gasteiger partial charge in [-0.3, -0.25) is 4.79 Å². The third-order valence-electron chi connectivity index (χ3n) is 6.04. The van der Waals surface area contributed by atoms with Crippen LogP contribution in [0.4, 0.5) is 8.78 Å².